The number of rotatable bonds is 8. The molecule has 1 aromatic rings. The minimum atomic E-state index is -3.45. The maximum atomic E-state index is 12.6. The molecule has 0 spiro atoms. The van der Waals surface area contributed by atoms with Crippen LogP contribution in [0, 0.1) is 5.92 Å². The molecule has 0 bridgehead atoms. The lowest BCUT2D eigenvalue weighted by molar-refractivity contribution is -0.125. The van der Waals surface area contributed by atoms with Crippen LogP contribution in [0.3, 0.4) is 0 Å². The first-order valence-corrected chi connectivity index (χ1v) is 10.4. The van der Waals surface area contributed by atoms with Crippen LogP contribution in [0.15, 0.2) is 29.2 Å². The Labute approximate surface area is 150 Å². The fourth-order valence-corrected chi connectivity index (χ4v) is 4.31. The van der Waals surface area contributed by atoms with Gasteiger partial charge in [-0.1, -0.05) is 26.0 Å². The van der Waals surface area contributed by atoms with Crippen LogP contribution in [-0.2, 0) is 26.0 Å². The summed E-state index contributed by atoms with van der Waals surface area (Å²) in [6.45, 7) is 6.26. The van der Waals surface area contributed by atoms with Gasteiger partial charge in [-0.05, 0) is 37.0 Å². The number of nitrogens with zero attached hydrogens (tertiary/aromatic N) is 1. The molecule has 7 heteroatoms. The van der Waals surface area contributed by atoms with Crippen LogP contribution in [0.4, 0.5) is 0 Å². The van der Waals surface area contributed by atoms with E-state index in [0.717, 1.165) is 18.4 Å². The molecule has 1 heterocycles. The second-order valence-electron chi connectivity index (χ2n) is 6.21. The number of benzene rings is 1. The normalized spacial score (nSPS) is 16.1. The Bertz CT molecular complexity index is 648. The summed E-state index contributed by atoms with van der Waals surface area (Å²) in [6, 6.07) is 6.92. The predicted molar refractivity (Wildman–Crippen MR) is 96.8 cm³/mol. The fourth-order valence-electron chi connectivity index (χ4n) is 2.90. The van der Waals surface area contributed by atoms with Gasteiger partial charge >= 0.3 is 0 Å². The first-order chi connectivity index (χ1) is 12.0. The van der Waals surface area contributed by atoms with Crippen LogP contribution in [0.25, 0.3) is 0 Å². The minimum absolute atomic E-state index is 0.0704. The van der Waals surface area contributed by atoms with Crippen molar-refractivity contribution in [2.75, 3.05) is 32.8 Å². The molecule has 1 aliphatic rings. The fraction of sp³-hybridized carbons (Fsp3) is 0.611. The van der Waals surface area contributed by atoms with Gasteiger partial charge in [0.1, 0.15) is 0 Å². The van der Waals surface area contributed by atoms with E-state index in [-0.39, 0.29) is 11.8 Å². The molecule has 1 aliphatic heterocycles. The van der Waals surface area contributed by atoms with E-state index in [2.05, 4.69) is 5.32 Å². The van der Waals surface area contributed by atoms with Crippen molar-refractivity contribution in [3.05, 3.63) is 29.8 Å². The first-order valence-electron chi connectivity index (χ1n) is 8.93. The molecular weight excluding hydrogens is 340 g/mol. The number of ether oxygens (including phenoxy) is 1. The number of amides is 1. The van der Waals surface area contributed by atoms with Gasteiger partial charge in [0, 0.05) is 25.6 Å². The van der Waals surface area contributed by atoms with Crippen molar-refractivity contribution in [3.63, 3.8) is 0 Å². The topological polar surface area (TPSA) is 75.7 Å². The lowest BCUT2D eigenvalue weighted by Crippen LogP contribution is -2.40. The van der Waals surface area contributed by atoms with Gasteiger partial charge in [0.15, 0.2) is 0 Å². The van der Waals surface area contributed by atoms with Crippen LogP contribution < -0.4 is 5.32 Å². The van der Waals surface area contributed by atoms with E-state index >= 15 is 0 Å². The zero-order chi connectivity index (χ0) is 18.3. The molecule has 0 atom stereocenters. The Morgan fingerprint density at radius 1 is 1.16 bits per heavy atom. The van der Waals surface area contributed by atoms with E-state index in [1.165, 1.54) is 4.31 Å². The van der Waals surface area contributed by atoms with Crippen molar-refractivity contribution >= 4 is 15.9 Å². The molecular formula is C18H28N2O4S. The minimum Gasteiger partial charge on any atom is -0.379 e. The van der Waals surface area contributed by atoms with Crippen molar-refractivity contribution in [2.24, 2.45) is 5.92 Å². The number of morpholine rings is 1. The SMILES string of the molecule is CCC(CC)C(=O)NCCc1ccc(S(=O)(=O)N2CCOCC2)cc1. The standard InChI is InChI=1S/C18H28N2O4S/c1-3-16(4-2)18(21)19-10-9-15-5-7-17(8-6-15)25(22,23)20-11-13-24-14-12-20/h5-8,16H,3-4,9-14H2,1-2H3,(H,19,21). The Balaban J connectivity index is 1.90. The summed E-state index contributed by atoms with van der Waals surface area (Å²) in [6.07, 6.45) is 2.37. The number of sulfonamides is 1. The zero-order valence-electron chi connectivity index (χ0n) is 15.0. The molecule has 0 aliphatic carbocycles. The summed E-state index contributed by atoms with van der Waals surface area (Å²) >= 11 is 0. The van der Waals surface area contributed by atoms with Gasteiger partial charge in [0.25, 0.3) is 0 Å². The molecule has 1 saturated heterocycles. The van der Waals surface area contributed by atoms with Gasteiger partial charge in [-0.25, -0.2) is 8.42 Å². The molecule has 0 radical (unpaired) electrons. The zero-order valence-corrected chi connectivity index (χ0v) is 15.8. The van der Waals surface area contributed by atoms with E-state index in [1.807, 2.05) is 26.0 Å². The summed E-state index contributed by atoms with van der Waals surface area (Å²) in [7, 11) is -3.45. The Kier molecular flexibility index (Phi) is 7.40. The highest BCUT2D eigenvalue weighted by Crippen LogP contribution is 2.18. The monoisotopic (exact) mass is 368 g/mol. The summed E-state index contributed by atoms with van der Waals surface area (Å²) < 4.78 is 31.8. The second kappa shape index (κ2) is 9.31. The average molecular weight is 368 g/mol. The molecule has 0 saturated carbocycles. The molecule has 6 nitrogen and oxygen atoms in total. The first kappa shape index (κ1) is 19.9. The highest BCUT2D eigenvalue weighted by Gasteiger charge is 2.26. The number of carbonyl (C=O) groups is 1. The molecule has 1 fully saturated rings. The van der Waals surface area contributed by atoms with E-state index in [9.17, 15) is 13.2 Å². The Hall–Kier alpha value is -1.44. The molecule has 1 N–H and O–H groups in total. The second-order valence-corrected chi connectivity index (χ2v) is 8.15. The smallest absolute Gasteiger partial charge is 0.243 e. The van der Waals surface area contributed by atoms with Crippen molar-refractivity contribution < 1.29 is 17.9 Å². The molecule has 25 heavy (non-hydrogen) atoms. The Morgan fingerprint density at radius 2 is 1.76 bits per heavy atom. The highest BCUT2D eigenvalue weighted by molar-refractivity contribution is 7.89. The molecule has 1 amide bonds. The van der Waals surface area contributed by atoms with Gasteiger partial charge in [-0.15, -0.1) is 0 Å². The van der Waals surface area contributed by atoms with E-state index in [1.54, 1.807) is 12.1 Å². The molecule has 140 valence electrons. The third-order valence-electron chi connectivity index (χ3n) is 4.60. The van der Waals surface area contributed by atoms with Gasteiger partial charge in [0.2, 0.25) is 15.9 Å². The summed E-state index contributed by atoms with van der Waals surface area (Å²) in [5.74, 6) is 0.164. The number of nitrogens with one attached hydrogen (secondary N) is 1. The molecule has 1 aromatic carbocycles. The highest BCUT2D eigenvalue weighted by atomic mass is 32.2. The molecule has 2 rings (SSSR count). The number of hydrogen-bond acceptors (Lipinski definition) is 4. The third-order valence-corrected chi connectivity index (χ3v) is 6.51. The van der Waals surface area contributed by atoms with Crippen LogP contribution in [0.1, 0.15) is 32.3 Å². The van der Waals surface area contributed by atoms with Gasteiger partial charge in [-0.2, -0.15) is 4.31 Å². The third kappa shape index (κ3) is 5.26. The summed E-state index contributed by atoms with van der Waals surface area (Å²) in [5.41, 5.74) is 1.01. The van der Waals surface area contributed by atoms with E-state index in [4.69, 9.17) is 4.74 Å². The Morgan fingerprint density at radius 3 is 2.32 bits per heavy atom. The van der Waals surface area contributed by atoms with E-state index in [0.29, 0.717) is 44.2 Å². The average Bonchev–Trinajstić information content (AvgIpc) is 2.64. The maximum absolute atomic E-state index is 12.6. The number of hydrogen-bond donors (Lipinski definition) is 1. The van der Waals surface area contributed by atoms with Crippen molar-refractivity contribution in [3.8, 4) is 0 Å². The van der Waals surface area contributed by atoms with Gasteiger partial charge in [0.05, 0.1) is 18.1 Å². The lowest BCUT2D eigenvalue weighted by atomic mass is 10.0. The maximum Gasteiger partial charge on any atom is 0.243 e. The summed E-state index contributed by atoms with van der Waals surface area (Å²) in [5, 5.41) is 2.95. The van der Waals surface area contributed by atoms with Gasteiger partial charge in [-0.3, -0.25) is 4.79 Å². The van der Waals surface area contributed by atoms with Gasteiger partial charge < -0.3 is 10.1 Å². The molecule has 0 unspecified atom stereocenters. The van der Waals surface area contributed by atoms with Crippen molar-refractivity contribution in [1.29, 1.82) is 0 Å². The number of carbonyl (C=O) groups excluding carboxylic acids is 1. The van der Waals surface area contributed by atoms with Crippen molar-refractivity contribution in [1.82, 2.24) is 9.62 Å². The van der Waals surface area contributed by atoms with Crippen LogP contribution in [0.5, 0.6) is 0 Å². The van der Waals surface area contributed by atoms with Crippen LogP contribution in [0.2, 0.25) is 0 Å². The quantitative estimate of drug-likeness (QED) is 0.759. The lowest BCUT2D eigenvalue weighted by Gasteiger charge is -2.26. The largest absolute Gasteiger partial charge is 0.379 e. The van der Waals surface area contributed by atoms with Crippen molar-refractivity contribution in [2.45, 2.75) is 38.0 Å². The predicted octanol–water partition coefficient (Wildman–Crippen LogP) is 1.80. The molecule has 0 aromatic heterocycles. The van der Waals surface area contributed by atoms with Crippen LogP contribution >= 0.6 is 0 Å². The summed E-state index contributed by atoms with van der Waals surface area (Å²) in [4.78, 5) is 12.3. The van der Waals surface area contributed by atoms with E-state index < -0.39 is 10.0 Å². The van der Waals surface area contributed by atoms with Crippen LogP contribution in [-0.4, -0.2) is 51.5 Å².